The Balaban J connectivity index is 4.01. The van der Waals surface area contributed by atoms with E-state index in [0.29, 0.717) is 25.7 Å². The second-order valence-corrected chi connectivity index (χ2v) is 6.24. The summed E-state index contributed by atoms with van der Waals surface area (Å²) in [5, 5.41) is 38.0. The van der Waals surface area contributed by atoms with E-state index < -0.39 is 24.3 Å². The van der Waals surface area contributed by atoms with Gasteiger partial charge in [-0.2, -0.15) is 0 Å². The van der Waals surface area contributed by atoms with E-state index in [4.69, 9.17) is 5.11 Å². The van der Waals surface area contributed by atoms with E-state index in [0.717, 1.165) is 12.8 Å². The predicted octanol–water partition coefficient (Wildman–Crippen LogP) is 3.69. The van der Waals surface area contributed by atoms with E-state index in [1.165, 1.54) is 6.08 Å². The number of carbonyl (C=O) groups is 1. The molecule has 0 amide bonds. The van der Waals surface area contributed by atoms with Crippen molar-refractivity contribution in [3.8, 4) is 0 Å². The Bertz CT molecular complexity index is 517. The minimum absolute atomic E-state index is 0.131. The van der Waals surface area contributed by atoms with Gasteiger partial charge in [-0.25, -0.2) is 0 Å². The lowest BCUT2D eigenvalue weighted by Gasteiger charge is -2.13. The van der Waals surface area contributed by atoms with Crippen LogP contribution in [0.3, 0.4) is 0 Å². The van der Waals surface area contributed by atoms with Gasteiger partial charge < -0.3 is 20.4 Å². The van der Waals surface area contributed by atoms with Crippen LogP contribution in [-0.4, -0.2) is 44.7 Å². The molecule has 0 saturated carbocycles. The van der Waals surface area contributed by atoms with Crippen molar-refractivity contribution in [2.45, 2.75) is 70.2 Å². The highest BCUT2D eigenvalue weighted by Crippen LogP contribution is 2.09. The third-order valence-electron chi connectivity index (χ3n) is 3.74. The second kappa shape index (κ2) is 17.5. The number of unbranched alkanes of at least 4 members (excludes halogenated alkanes) is 2. The highest BCUT2D eigenvalue weighted by Gasteiger charge is 2.12. The molecule has 0 aliphatic rings. The van der Waals surface area contributed by atoms with Crippen LogP contribution in [0.5, 0.6) is 0 Å². The molecule has 0 radical (unpaired) electrons. The van der Waals surface area contributed by atoms with Crippen molar-refractivity contribution in [1.82, 2.24) is 0 Å². The van der Waals surface area contributed by atoms with Crippen LogP contribution < -0.4 is 0 Å². The quantitative estimate of drug-likeness (QED) is 0.198. The maximum Gasteiger partial charge on any atom is 0.303 e. The molecule has 0 saturated heterocycles. The Kier molecular flexibility index (Phi) is 16.2. The molecule has 0 aliphatic heterocycles. The van der Waals surface area contributed by atoms with Gasteiger partial charge in [-0.15, -0.1) is 0 Å². The molecular weight excluding hydrogens is 344 g/mol. The standard InChI is InChI=1S/C22H34O5/c1-2-3-4-5-6-7-9-14-19(23)15-12-13-17-21(25)20(24)16-10-8-11-18-22(26)27/h3-4,6-7,9,12-15,17,19-21,23-25H,2,5,8,10-11,16,18H2,1H3,(H,26,27)/b4-3-,7-6-,14-9+,15-12+,17-13+/t19-,20-,21-/m1/s1. The van der Waals surface area contributed by atoms with Crippen molar-refractivity contribution in [1.29, 1.82) is 0 Å². The lowest BCUT2D eigenvalue weighted by Crippen LogP contribution is -2.23. The van der Waals surface area contributed by atoms with Gasteiger partial charge in [-0.05, 0) is 25.7 Å². The van der Waals surface area contributed by atoms with Crippen LogP contribution in [0.2, 0.25) is 0 Å². The van der Waals surface area contributed by atoms with Gasteiger partial charge >= 0.3 is 5.97 Å². The molecule has 5 nitrogen and oxygen atoms in total. The molecule has 152 valence electrons. The van der Waals surface area contributed by atoms with Gasteiger partial charge in [0.1, 0.15) is 0 Å². The average molecular weight is 379 g/mol. The first-order valence-electron chi connectivity index (χ1n) is 9.56. The molecule has 0 aliphatic carbocycles. The summed E-state index contributed by atoms with van der Waals surface area (Å²) >= 11 is 0. The van der Waals surface area contributed by atoms with Crippen molar-refractivity contribution in [3.63, 3.8) is 0 Å². The third-order valence-corrected chi connectivity index (χ3v) is 3.74. The van der Waals surface area contributed by atoms with Crippen LogP contribution in [-0.2, 0) is 4.79 Å². The van der Waals surface area contributed by atoms with E-state index >= 15 is 0 Å². The molecule has 0 bridgehead atoms. The smallest absolute Gasteiger partial charge is 0.303 e. The number of hydrogen-bond acceptors (Lipinski definition) is 4. The monoisotopic (exact) mass is 378 g/mol. The Hall–Kier alpha value is -1.95. The van der Waals surface area contributed by atoms with Gasteiger partial charge in [-0.3, -0.25) is 4.79 Å². The van der Waals surface area contributed by atoms with Crippen LogP contribution in [0.15, 0.2) is 60.8 Å². The average Bonchev–Trinajstić information content (AvgIpc) is 2.63. The Morgan fingerprint density at radius 3 is 2.19 bits per heavy atom. The Morgan fingerprint density at radius 1 is 0.852 bits per heavy atom. The lowest BCUT2D eigenvalue weighted by atomic mass is 10.0. The molecule has 0 rings (SSSR count). The number of carboxylic acids is 1. The van der Waals surface area contributed by atoms with Crippen LogP contribution in [0.1, 0.15) is 51.9 Å². The summed E-state index contributed by atoms with van der Waals surface area (Å²) in [7, 11) is 0. The molecule has 5 heteroatoms. The summed E-state index contributed by atoms with van der Waals surface area (Å²) in [6, 6.07) is 0. The number of allylic oxidation sites excluding steroid dienone is 7. The maximum atomic E-state index is 10.4. The summed E-state index contributed by atoms with van der Waals surface area (Å²) < 4.78 is 0. The summed E-state index contributed by atoms with van der Waals surface area (Å²) in [5.74, 6) is -0.817. The summed E-state index contributed by atoms with van der Waals surface area (Å²) in [5.41, 5.74) is 0. The van der Waals surface area contributed by atoms with E-state index in [2.05, 4.69) is 19.1 Å². The Morgan fingerprint density at radius 2 is 1.52 bits per heavy atom. The third kappa shape index (κ3) is 17.2. The topological polar surface area (TPSA) is 98.0 Å². The number of hydrogen-bond donors (Lipinski definition) is 4. The largest absolute Gasteiger partial charge is 0.481 e. The highest BCUT2D eigenvalue weighted by atomic mass is 16.4. The van der Waals surface area contributed by atoms with Crippen molar-refractivity contribution < 1.29 is 25.2 Å². The first-order valence-corrected chi connectivity index (χ1v) is 9.56. The van der Waals surface area contributed by atoms with Crippen molar-refractivity contribution in [2.75, 3.05) is 0 Å². The number of aliphatic hydroxyl groups is 3. The zero-order valence-corrected chi connectivity index (χ0v) is 16.2. The summed E-state index contributed by atoms with van der Waals surface area (Å²) in [6.45, 7) is 2.09. The maximum absolute atomic E-state index is 10.4. The summed E-state index contributed by atoms with van der Waals surface area (Å²) in [6.07, 6.45) is 19.5. The fourth-order valence-corrected chi connectivity index (χ4v) is 2.20. The molecule has 0 aromatic rings. The minimum Gasteiger partial charge on any atom is -0.481 e. The molecule has 4 N–H and O–H groups in total. The second-order valence-electron chi connectivity index (χ2n) is 6.24. The van der Waals surface area contributed by atoms with E-state index in [-0.39, 0.29) is 6.42 Å². The van der Waals surface area contributed by atoms with Crippen molar-refractivity contribution in [2.24, 2.45) is 0 Å². The zero-order valence-electron chi connectivity index (χ0n) is 16.2. The molecule has 0 unspecified atom stereocenters. The number of rotatable bonds is 15. The first kappa shape index (κ1) is 25.1. The van der Waals surface area contributed by atoms with Gasteiger partial charge in [0, 0.05) is 6.42 Å². The van der Waals surface area contributed by atoms with E-state index in [1.54, 1.807) is 30.4 Å². The number of carboxylic acid groups (broad SMARTS) is 1. The molecule has 27 heavy (non-hydrogen) atoms. The predicted molar refractivity (Wildman–Crippen MR) is 109 cm³/mol. The van der Waals surface area contributed by atoms with Crippen LogP contribution in [0.25, 0.3) is 0 Å². The van der Waals surface area contributed by atoms with Crippen LogP contribution in [0.4, 0.5) is 0 Å². The normalized spacial score (nSPS) is 16.3. The molecule has 0 fully saturated rings. The highest BCUT2D eigenvalue weighted by molar-refractivity contribution is 5.66. The van der Waals surface area contributed by atoms with Crippen LogP contribution in [0, 0.1) is 0 Å². The van der Waals surface area contributed by atoms with Gasteiger partial charge in [-0.1, -0.05) is 80.5 Å². The fourth-order valence-electron chi connectivity index (χ4n) is 2.20. The molecule has 3 atom stereocenters. The van der Waals surface area contributed by atoms with Gasteiger partial charge in [0.2, 0.25) is 0 Å². The molecule has 0 aromatic heterocycles. The number of aliphatic carboxylic acids is 1. The molecule has 0 spiro atoms. The minimum atomic E-state index is -0.985. The van der Waals surface area contributed by atoms with Crippen molar-refractivity contribution >= 4 is 5.97 Å². The zero-order chi connectivity index (χ0) is 20.3. The fraction of sp³-hybridized carbons (Fsp3) is 0.500. The lowest BCUT2D eigenvalue weighted by molar-refractivity contribution is -0.137. The summed E-state index contributed by atoms with van der Waals surface area (Å²) in [4.78, 5) is 10.4. The SMILES string of the molecule is CC/C=C\C/C=C\C=C\[C@@H](O)/C=C/C=C/[C@@H](O)[C@H](O)CCCCCC(=O)O. The van der Waals surface area contributed by atoms with Gasteiger partial charge in [0.25, 0.3) is 0 Å². The van der Waals surface area contributed by atoms with E-state index in [9.17, 15) is 20.1 Å². The number of aliphatic hydroxyl groups excluding tert-OH is 3. The van der Waals surface area contributed by atoms with Crippen LogP contribution >= 0.6 is 0 Å². The molecule has 0 aromatic carbocycles. The van der Waals surface area contributed by atoms with Gasteiger partial charge in [0.15, 0.2) is 0 Å². The van der Waals surface area contributed by atoms with Crippen molar-refractivity contribution in [3.05, 3.63) is 60.8 Å². The molecule has 0 heterocycles. The Labute approximate surface area is 162 Å². The first-order chi connectivity index (χ1) is 13.0. The van der Waals surface area contributed by atoms with E-state index in [1.807, 2.05) is 12.2 Å². The van der Waals surface area contributed by atoms with Gasteiger partial charge in [0.05, 0.1) is 18.3 Å². The molecular formula is C22H34O5.